The standard InChI is InChI=1S/C21H28O4/c1-4-21(25)17(23)11-15-12-5-6-14-18(24)16(22)8-9-19(14,2)13(12)7-10-20(15,21)3/h1,6,12-13,15-17,22-23,25H,5,7-11H2,2-3H3/t12-,13-,15+,16?,17?,19-,20+,21?/m1/s1. The van der Waals surface area contributed by atoms with Crippen LogP contribution in [0.2, 0.25) is 0 Å². The van der Waals surface area contributed by atoms with Crippen LogP contribution in [0.5, 0.6) is 0 Å². The second-order valence-electron chi connectivity index (χ2n) is 9.18. The molecule has 136 valence electrons. The number of rotatable bonds is 0. The van der Waals surface area contributed by atoms with Gasteiger partial charge in [-0.15, -0.1) is 6.42 Å². The van der Waals surface area contributed by atoms with E-state index in [1.165, 1.54) is 0 Å². The molecule has 4 aliphatic rings. The summed E-state index contributed by atoms with van der Waals surface area (Å²) in [6, 6.07) is 0. The quantitative estimate of drug-likeness (QED) is 0.586. The van der Waals surface area contributed by atoms with Gasteiger partial charge in [0, 0.05) is 11.0 Å². The maximum atomic E-state index is 12.5. The van der Waals surface area contributed by atoms with E-state index in [0.717, 1.165) is 31.3 Å². The number of ketones is 1. The van der Waals surface area contributed by atoms with Gasteiger partial charge in [0.1, 0.15) is 6.10 Å². The highest BCUT2D eigenvalue weighted by Crippen LogP contribution is 2.66. The maximum absolute atomic E-state index is 12.5. The van der Waals surface area contributed by atoms with Gasteiger partial charge in [-0.2, -0.15) is 0 Å². The van der Waals surface area contributed by atoms with Crippen LogP contribution < -0.4 is 0 Å². The summed E-state index contributed by atoms with van der Waals surface area (Å²) < 4.78 is 0. The lowest BCUT2D eigenvalue weighted by Gasteiger charge is -2.57. The largest absolute Gasteiger partial charge is 0.389 e. The van der Waals surface area contributed by atoms with Gasteiger partial charge in [-0.1, -0.05) is 25.8 Å². The van der Waals surface area contributed by atoms with Gasteiger partial charge in [-0.25, -0.2) is 0 Å². The van der Waals surface area contributed by atoms with E-state index in [1.807, 2.05) is 13.0 Å². The first-order valence-electron chi connectivity index (χ1n) is 9.50. The Kier molecular flexibility index (Phi) is 3.59. The molecule has 0 aromatic rings. The highest BCUT2D eigenvalue weighted by atomic mass is 16.3. The molecule has 3 fully saturated rings. The number of aliphatic hydroxyl groups is 3. The van der Waals surface area contributed by atoms with Crippen LogP contribution in [0, 0.1) is 40.9 Å². The predicted molar refractivity (Wildman–Crippen MR) is 93.3 cm³/mol. The number of carbonyl (C=O) groups is 1. The van der Waals surface area contributed by atoms with E-state index in [9.17, 15) is 20.1 Å². The molecule has 0 bridgehead atoms. The van der Waals surface area contributed by atoms with Gasteiger partial charge in [0.25, 0.3) is 0 Å². The van der Waals surface area contributed by atoms with Crippen molar-refractivity contribution in [2.24, 2.45) is 28.6 Å². The normalized spacial score (nSPS) is 54.8. The average Bonchev–Trinajstić information content (AvgIpc) is 2.79. The molecular weight excluding hydrogens is 316 g/mol. The van der Waals surface area contributed by atoms with Crippen LogP contribution in [0.1, 0.15) is 52.4 Å². The van der Waals surface area contributed by atoms with Gasteiger partial charge >= 0.3 is 0 Å². The molecule has 3 unspecified atom stereocenters. The number of aliphatic hydroxyl groups excluding tert-OH is 2. The molecule has 3 N–H and O–H groups in total. The number of hydrogen-bond acceptors (Lipinski definition) is 4. The van der Waals surface area contributed by atoms with E-state index in [1.54, 1.807) is 0 Å². The van der Waals surface area contributed by atoms with Gasteiger partial charge in [-0.05, 0) is 61.7 Å². The minimum absolute atomic E-state index is 0.105. The highest BCUT2D eigenvalue weighted by Gasteiger charge is 2.67. The molecule has 0 aromatic heterocycles. The highest BCUT2D eigenvalue weighted by molar-refractivity contribution is 6.00. The molecule has 8 atom stereocenters. The predicted octanol–water partition coefficient (Wildman–Crippen LogP) is 1.82. The van der Waals surface area contributed by atoms with Crippen molar-refractivity contribution >= 4 is 5.78 Å². The van der Waals surface area contributed by atoms with Gasteiger partial charge in [0.2, 0.25) is 0 Å². The molecule has 0 aliphatic heterocycles. The molecule has 0 spiro atoms. The monoisotopic (exact) mass is 344 g/mol. The summed E-state index contributed by atoms with van der Waals surface area (Å²) in [7, 11) is 0. The fourth-order valence-corrected chi connectivity index (χ4v) is 6.82. The SMILES string of the molecule is C#CC1(O)C(O)C[C@H]2[C@@H]3CC=C4C(=O)C(O)CC[C@]4(C)[C@@H]3CC[C@@]21C. The van der Waals surface area contributed by atoms with Crippen LogP contribution >= 0.6 is 0 Å². The lowest BCUT2D eigenvalue weighted by molar-refractivity contribution is -0.135. The van der Waals surface area contributed by atoms with E-state index in [-0.39, 0.29) is 17.1 Å². The smallest absolute Gasteiger partial charge is 0.187 e. The Bertz CT molecular complexity index is 690. The van der Waals surface area contributed by atoms with Crippen molar-refractivity contribution in [1.82, 2.24) is 0 Å². The summed E-state index contributed by atoms with van der Waals surface area (Å²) in [5, 5.41) is 31.5. The van der Waals surface area contributed by atoms with Crippen molar-refractivity contribution in [1.29, 1.82) is 0 Å². The van der Waals surface area contributed by atoms with Crippen molar-refractivity contribution in [2.75, 3.05) is 0 Å². The Morgan fingerprint density at radius 1 is 1.20 bits per heavy atom. The van der Waals surface area contributed by atoms with Crippen molar-refractivity contribution < 1.29 is 20.1 Å². The Labute approximate surface area is 149 Å². The fourth-order valence-electron chi connectivity index (χ4n) is 6.82. The van der Waals surface area contributed by atoms with Gasteiger partial charge in [0.15, 0.2) is 11.4 Å². The van der Waals surface area contributed by atoms with Crippen LogP contribution in [0.4, 0.5) is 0 Å². The van der Waals surface area contributed by atoms with Crippen LogP contribution in [0.3, 0.4) is 0 Å². The number of Topliss-reactive ketones (excluding diaryl/α,β-unsaturated/α-hetero) is 1. The van der Waals surface area contributed by atoms with Crippen molar-refractivity contribution in [2.45, 2.75) is 70.2 Å². The van der Waals surface area contributed by atoms with E-state index in [4.69, 9.17) is 6.42 Å². The van der Waals surface area contributed by atoms with E-state index in [0.29, 0.717) is 24.7 Å². The van der Waals surface area contributed by atoms with E-state index >= 15 is 0 Å². The molecule has 4 rings (SSSR count). The third-order valence-electron chi connectivity index (χ3n) is 8.41. The van der Waals surface area contributed by atoms with E-state index in [2.05, 4.69) is 12.8 Å². The number of carbonyl (C=O) groups excluding carboxylic acids is 1. The Hall–Kier alpha value is -1.15. The van der Waals surface area contributed by atoms with Gasteiger partial charge in [-0.3, -0.25) is 4.79 Å². The van der Waals surface area contributed by atoms with Crippen LogP contribution in [0.15, 0.2) is 11.6 Å². The topological polar surface area (TPSA) is 77.8 Å². The Morgan fingerprint density at radius 3 is 2.60 bits per heavy atom. The second kappa shape index (κ2) is 5.19. The second-order valence-corrected chi connectivity index (χ2v) is 9.18. The van der Waals surface area contributed by atoms with Crippen molar-refractivity contribution in [3.63, 3.8) is 0 Å². The van der Waals surface area contributed by atoms with E-state index < -0.39 is 23.2 Å². The molecule has 0 saturated heterocycles. The maximum Gasteiger partial charge on any atom is 0.187 e. The molecule has 4 aliphatic carbocycles. The zero-order chi connectivity index (χ0) is 18.2. The van der Waals surface area contributed by atoms with Crippen LogP contribution in [0.25, 0.3) is 0 Å². The summed E-state index contributed by atoms with van der Waals surface area (Å²) in [5.41, 5.74) is -1.35. The minimum atomic E-state index is -1.47. The van der Waals surface area contributed by atoms with Gasteiger partial charge in [0.05, 0.1) is 6.10 Å². The zero-order valence-corrected chi connectivity index (χ0v) is 15.0. The average molecular weight is 344 g/mol. The lowest BCUT2D eigenvalue weighted by Crippen LogP contribution is -2.56. The molecule has 0 heterocycles. The first kappa shape index (κ1) is 17.3. The molecule has 0 amide bonds. The lowest BCUT2D eigenvalue weighted by atomic mass is 9.47. The fraction of sp³-hybridized carbons (Fsp3) is 0.762. The van der Waals surface area contributed by atoms with Crippen LogP contribution in [-0.2, 0) is 4.79 Å². The Balaban J connectivity index is 1.74. The summed E-state index contributed by atoms with van der Waals surface area (Å²) in [6.45, 7) is 4.20. The minimum Gasteiger partial charge on any atom is -0.389 e. The molecular formula is C21H28O4. The molecule has 0 radical (unpaired) electrons. The summed E-state index contributed by atoms with van der Waals surface area (Å²) >= 11 is 0. The number of allylic oxidation sites excluding steroid dienone is 1. The molecule has 3 saturated carbocycles. The number of terminal acetylenes is 1. The summed E-state index contributed by atoms with van der Waals surface area (Å²) in [4.78, 5) is 12.5. The number of hydrogen-bond donors (Lipinski definition) is 3. The van der Waals surface area contributed by atoms with Crippen molar-refractivity contribution in [3.8, 4) is 12.3 Å². The van der Waals surface area contributed by atoms with Crippen molar-refractivity contribution in [3.05, 3.63) is 11.6 Å². The Morgan fingerprint density at radius 2 is 1.92 bits per heavy atom. The first-order valence-corrected chi connectivity index (χ1v) is 9.50. The number of fused-ring (bicyclic) bond motifs is 5. The summed E-state index contributed by atoms with van der Waals surface area (Å²) in [6.07, 6.45) is 10.2. The summed E-state index contributed by atoms with van der Waals surface area (Å²) in [5.74, 6) is 3.21. The molecule has 4 heteroatoms. The van der Waals surface area contributed by atoms with Gasteiger partial charge < -0.3 is 15.3 Å². The third-order valence-corrected chi connectivity index (χ3v) is 8.41. The van der Waals surface area contributed by atoms with Crippen LogP contribution in [-0.4, -0.2) is 38.9 Å². The first-order chi connectivity index (χ1) is 11.7. The zero-order valence-electron chi connectivity index (χ0n) is 15.0. The molecule has 4 nitrogen and oxygen atoms in total. The molecule has 25 heavy (non-hydrogen) atoms. The third kappa shape index (κ3) is 1.92. The molecule has 0 aromatic carbocycles.